The molecule has 0 aromatic carbocycles. The van der Waals surface area contributed by atoms with Crippen LogP contribution in [0.15, 0.2) is 34.2 Å². The van der Waals surface area contributed by atoms with Gasteiger partial charge in [-0.05, 0) is 19.3 Å². The predicted octanol–water partition coefficient (Wildman–Crippen LogP) is 2.85. The summed E-state index contributed by atoms with van der Waals surface area (Å²) < 4.78 is 10.7. The van der Waals surface area contributed by atoms with E-state index in [4.69, 9.17) is 14.3 Å². The number of halogens is 1. The summed E-state index contributed by atoms with van der Waals surface area (Å²) in [5.41, 5.74) is -0.234. The zero-order valence-corrected chi connectivity index (χ0v) is 12.4. The predicted molar refractivity (Wildman–Crippen MR) is 78.1 cm³/mol. The number of ether oxygens (including phenoxy) is 1. The number of aliphatic hydroxyl groups excluding tert-OH is 1. The lowest BCUT2D eigenvalue weighted by Crippen LogP contribution is -2.11. The summed E-state index contributed by atoms with van der Waals surface area (Å²) in [6, 6.07) is 1.34. The van der Waals surface area contributed by atoms with E-state index in [0.29, 0.717) is 12.4 Å². The largest absolute Gasteiger partial charge is 0.487 e. The van der Waals surface area contributed by atoms with Crippen molar-refractivity contribution in [3.8, 4) is 5.75 Å². The minimum absolute atomic E-state index is 0.140. The Morgan fingerprint density at radius 3 is 2.84 bits per heavy atom. The fraction of sp³-hybridized carbons (Fsp3) is 0.500. The third-order valence-corrected chi connectivity index (χ3v) is 3.26. The highest BCUT2D eigenvalue weighted by molar-refractivity contribution is 9.09. The van der Waals surface area contributed by atoms with E-state index in [-0.39, 0.29) is 23.7 Å². The second-order valence-corrected chi connectivity index (χ2v) is 4.93. The van der Waals surface area contributed by atoms with Gasteiger partial charge in [-0.25, -0.2) is 0 Å². The van der Waals surface area contributed by atoms with Gasteiger partial charge in [0.1, 0.15) is 12.0 Å². The molecule has 0 saturated carbocycles. The van der Waals surface area contributed by atoms with Crippen LogP contribution in [0.1, 0.15) is 30.9 Å². The molecule has 1 aromatic heterocycles. The quantitative estimate of drug-likeness (QED) is 0.429. The van der Waals surface area contributed by atoms with Crippen LogP contribution in [-0.2, 0) is 0 Å². The van der Waals surface area contributed by atoms with Crippen molar-refractivity contribution in [3.05, 3.63) is 41.0 Å². The molecule has 0 amide bonds. The smallest absolute Gasteiger partial charge is 0.227 e. The van der Waals surface area contributed by atoms with E-state index >= 15 is 0 Å². The van der Waals surface area contributed by atoms with Crippen molar-refractivity contribution in [3.63, 3.8) is 0 Å². The van der Waals surface area contributed by atoms with Crippen LogP contribution in [-0.4, -0.2) is 23.7 Å². The normalized spacial score (nSPS) is 12.1. The van der Waals surface area contributed by atoms with Crippen molar-refractivity contribution in [1.29, 1.82) is 0 Å². The molecule has 1 aromatic rings. The monoisotopic (exact) mass is 330 g/mol. The van der Waals surface area contributed by atoms with E-state index in [1.165, 1.54) is 12.3 Å². The molecule has 106 valence electrons. The molecule has 4 nitrogen and oxygen atoms in total. The highest BCUT2D eigenvalue weighted by Gasteiger charge is 2.11. The number of hydrogen-bond acceptors (Lipinski definition) is 4. The lowest BCUT2D eigenvalue weighted by Gasteiger charge is -2.09. The number of aliphatic hydroxyl groups is 1. The van der Waals surface area contributed by atoms with Crippen molar-refractivity contribution in [2.24, 2.45) is 0 Å². The first-order valence-electron chi connectivity index (χ1n) is 6.27. The maximum atomic E-state index is 11.8. The highest BCUT2D eigenvalue weighted by Crippen LogP contribution is 2.16. The number of unbranched alkanes of at least 4 members (excludes halogenated alkanes) is 2. The SMILES string of the molecule is C=CC(CO)c1cc(=O)c(OCCCCCBr)co1. The summed E-state index contributed by atoms with van der Waals surface area (Å²) in [5, 5.41) is 10.1. The highest BCUT2D eigenvalue weighted by atomic mass is 79.9. The van der Waals surface area contributed by atoms with Crippen LogP contribution < -0.4 is 10.2 Å². The molecule has 0 aliphatic rings. The Hall–Kier alpha value is -1.07. The summed E-state index contributed by atoms with van der Waals surface area (Å²) in [5.74, 6) is 0.248. The Morgan fingerprint density at radius 1 is 1.47 bits per heavy atom. The Bertz CT molecular complexity index is 441. The van der Waals surface area contributed by atoms with Gasteiger partial charge >= 0.3 is 0 Å². The van der Waals surface area contributed by atoms with Crippen LogP contribution in [0.5, 0.6) is 5.75 Å². The molecule has 0 saturated heterocycles. The van der Waals surface area contributed by atoms with E-state index in [1.54, 1.807) is 6.08 Å². The van der Waals surface area contributed by atoms with E-state index in [1.807, 2.05) is 0 Å². The van der Waals surface area contributed by atoms with Crippen LogP contribution in [0.25, 0.3) is 0 Å². The van der Waals surface area contributed by atoms with Gasteiger partial charge in [0.15, 0.2) is 0 Å². The summed E-state index contributed by atoms with van der Waals surface area (Å²) >= 11 is 3.36. The molecule has 0 bridgehead atoms. The minimum Gasteiger partial charge on any atom is -0.487 e. The average molecular weight is 331 g/mol. The molecule has 1 rings (SSSR count). The molecule has 0 aliphatic carbocycles. The van der Waals surface area contributed by atoms with E-state index in [0.717, 1.165) is 24.6 Å². The molecule has 0 aliphatic heterocycles. The first-order valence-corrected chi connectivity index (χ1v) is 7.40. The first kappa shape index (κ1) is 16.0. The molecular formula is C14H19BrO4. The van der Waals surface area contributed by atoms with Crippen molar-refractivity contribution < 1.29 is 14.3 Å². The number of alkyl halides is 1. The van der Waals surface area contributed by atoms with Crippen LogP contribution in [0.2, 0.25) is 0 Å². The van der Waals surface area contributed by atoms with Crippen molar-refractivity contribution in [1.82, 2.24) is 0 Å². The Morgan fingerprint density at radius 2 is 2.26 bits per heavy atom. The maximum absolute atomic E-state index is 11.8. The molecule has 0 radical (unpaired) electrons. The fourth-order valence-electron chi connectivity index (χ4n) is 1.55. The second kappa shape index (κ2) is 8.93. The van der Waals surface area contributed by atoms with Gasteiger partial charge in [0.05, 0.1) is 19.1 Å². The zero-order chi connectivity index (χ0) is 14.1. The molecule has 19 heavy (non-hydrogen) atoms. The van der Waals surface area contributed by atoms with Gasteiger partial charge in [-0.15, -0.1) is 6.58 Å². The first-order chi connectivity index (χ1) is 9.22. The third kappa shape index (κ3) is 5.20. The standard InChI is InChI=1S/C14H19BrO4/c1-2-11(9-16)13-8-12(17)14(10-19-13)18-7-5-3-4-6-15/h2,8,10-11,16H,1,3-7,9H2. The second-order valence-electron chi connectivity index (χ2n) is 4.13. The molecule has 1 atom stereocenters. The lowest BCUT2D eigenvalue weighted by molar-refractivity contribution is 0.260. The average Bonchev–Trinajstić information content (AvgIpc) is 2.42. The van der Waals surface area contributed by atoms with Gasteiger partial charge in [0.2, 0.25) is 11.2 Å². The van der Waals surface area contributed by atoms with E-state index < -0.39 is 0 Å². The molecule has 0 spiro atoms. The summed E-state index contributed by atoms with van der Waals surface area (Å²) in [6.07, 6.45) is 5.89. The van der Waals surface area contributed by atoms with Gasteiger partial charge in [-0.3, -0.25) is 4.79 Å². The number of rotatable bonds is 9. The van der Waals surface area contributed by atoms with Crippen LogP contribution in [0, 0.1) is 0 Å². The third-order valence-electron chi connectivity index (χ3n) is 2.70. The topological polar surface area (TPSA) is 59.7 Å². The van der Waals surface area contributed by atoms with Crippen LogP contribution >= 0.6 is 15.9 Å². The van der Waals surface area contributed by atoms with Gasteiger partial charge in [-0.1, -0.05) is 22.0 Å². The summed E-state index contributed by atoms with van der Waals surface area (Å²) in [7, 11) is 0. The zero-order valence-electron chi connectivity index (χ0n) is 10.8. The van der Waals surface area contributed by atoms with E-state index in [2.05, 4.69) is 22.5 Å². The van der Waals surface area contributed by atoms with Gasteiger partial charge in [0, 0.05) is 11.4 Å². The van der Waals surface area contributed by atoms with Gasteiger partial charge in [0.25, 0.3) is 0 Å². The lowest BCUT2D eigenvalue weighted by atomic mass is 10.1. The van der Waals surface area contributed by atoms with Crippen LogP contribution in [0.4, 0.5) is 0 Å². The molecule has 1 unspecified atom stereocenters. The van der Waals surface area contributed by atoms with Gasteiger partial charge in [-0.2, -0.15) is 0 Å². The number of hydrogen-bond donors (Lipinski definition) is 1. The Kier molecular flexibility index (Phi) is 7.52. The molecule has 1 N–H and O–H groups in total. The molecule has 5 heteroatoms. The minimum atomic E-state index is -0.360. The molecular weight excluding hydrogens is 312 g/mol. The van der Waals surface area contributed by atoms with Gasteiger partial charge < -0.3 is 14.3 Å². The van der Waals surface area contributed by atoms with E-state index in [9.17, 15) is 4.79 Å². The van der Waals surface area contributed by atoms with Crippen molar-refractivity contribution in [2.45, 2.75) is 25.2 Å². The summed E-state index contributed by atoms with van der Waals surface area (Å²) in [4.78, 5) is 11.8. The van der Waals surface area contributed by atoms with Crippen molar-refractivity contribution in [2.75, 3.05) is 18.5 Å². The van der Waals surface area contributed by atoms with Crippen LogP contribution in [0.3, 0.4) is 0 Å². The molecule has 1 heterocycles. The van der Waals surface area contributed by atoms with Crippen molar-refractivity contribution >= 4 is 15.9 Å². The fourth-order valence-corrected chi connectivity index (χ4v) is 1.95. The Labute approximate surface area is 121 Å². The maximum Gasteiger partial charge on any atom is 0.227 e. The molecule has 0 fully saturated rings. The summed E-state index contributed by atoms with van der Waals surface area (Å²) in [6.45, 7) is 3.94. The Balaban J connectivity index is 2.57.